The normalized spacial score (nSPS) is 16.8. The van der Waals surface area contributed by atoms with E-state index in [1.165, 1.54) is 5.56 Å². The molecule has 0 amide bonds. The average molecular weight is 302 g/mol. The van der Waals surface area contributed by atoms with Crippen LogP contribution in [0.25, 0.3) is 0 Å². The lowest BCUT2D eigenvalue weighted by Crippen LogP contribution is -2.38. The minimum absolute atomic E-state index is 0.485. The van der Waals surface area contributed by atoms with Gasteiger partial charge in [0.1, 0.15) is 0 Å². The van der Waals surface area contributed by atoms with E-state index in [2.05, 4.69) is 45.5 Å². The first-order valence-electron chi connectivity index (χ1n) is 7.44. The highest BCUT2D eigenvalue weighted by Crippen LogP contribution is 2.22. The first-order valence-corrected chi connectivity index (χ1v) is 7.82. The fraction of sp³-hybridized carbons (Fsp3) is 0.353. The van der Waals surface area contributed by atoms with Crippen molar-refractivity contribution in [2.75, 3.05) is 18.4 Å². The van der Waals surface area contributed by atoms with Crippen molar-refractivity contribution in [1.82, 2.24) is 9.88 Å². The van der Waals surface area contributed by atoms with Gasteiger partial charge < -0.3 is 5.32 Å². The lowest BCUT2D eigenvalue weighted by atomic mass is 10.0. The van der Waals surface area contributed by atoms with Crippen molar-refractivity contribution in [3.05, 3.63) is 59.4 Å². The van der Waals surface area contributed by atoms with E-state index in [4.69, 9.17) is 11.6 Å². The van der Waals surface area contributed by atoms with E-state index in [0.717, 1.165) is 38.2 Å². The zero-order valence-electron chi connectivity index (χ0n) is 12.0. The molecule has 0 atom stereocenters. The minimum Gasteiger partial charge on any atom is -0.380 e. The van der Waals surface area contributed by atoms with Gasteiger partial charge in [0.25, 0.3) is 0 Å². The third-order valence-corrected chi connectivity index (χ3v) is 4.26. The summed E-state index contributed by atoms with van der Waals surface area (Å²) in [7, 11) is 0. The second-order valence-electron chi connectivity index (χ2n) is 5.52. The van der Waals surface area contributed by atoms with E-state index in [1.54, 1.807) is 6.20 Å². The van der Waals surface area contributed by atoms with E-state index in [9.17, 15) is 0 Å². The van der Waals surface area contributed by atoms with Crippen LogP contribution >= 0.6 is 11.6 Å². The zero-order chi connectivity index (χ0) is 14.5. The molecule has 1 aliphatic rings. The van der Waals surface area contributed by atoms with E-state index in [1.807, 2.05) is 12.1 Å². The summed E-state index contributed by atoms with van der Waals surface area (Å²) in [5.74, 6) is 0. The number of nitrogens with one attached hydrogen (secondary N) is 1. The van der Waals surface area contributed by atoms with Crippen molar-refractivity contribution in [3.63, 3.8) is 0 Å². The number of hydrogen-bond donors (Lipinski definition) is 1. The molecular formula is C17H20ClN3. The lowest BCUT2D eigenvalue weighted by molar-refractivity contribution is 0.211. The molecule has 3 nitrogen and oxygen atoms in total. The highest BCUT2D eigenvalue weighted by atomic mass is 35.5. The van der Waals surface area contributed by atoms with Crippen LogP contribution in [0.5, 0.6) is 0 Å². The quantitative estimate of drug-likeness (QED) is 0.870. The Morgan fingerprint density at radius 3 is 2.57 bits per heavy atom. The van der Waals surface area contributed by atoms with Crippen molar-refractivity contribution < 1.29 is 0 Å². The Morgan fingerprint density at radius 1 is 1.10 bits per heavy atom. The van der Waals surface area contributed by atoms with Crippen molar-refractivity contribution in [1.29, 1.82) is 0 Å². The fourth-order valence-electron chi connectivity index (χ4n) is 2.79. The van der Waals surface area contributed by atoms with Crippen molar-refractivity contribution in [2.45, 2.75) is 25.4 Å². The highest BCUT2D eigenvalue weighted by molar-refractivity contribution is 6.31. The smallest absolute Gasteiger partial charge is 0.152 e. The maximum Gasteiger partial charge on any atom is 0.152 e. The summed E-state index contributed by atoms with van der Waals surface area (Å²) in [5.41, 5.74) is 2.33. The van der Waals surface area contributed by atoms with Gasteiger partial charge in [-0.3, -0.25) is 4.90 Å². The van der Waals surface area contributed by atoms with Crippen LogP contribution in [0, 0.1) is 0 Å². The second kappa shape index (κ2) is 6.92. The largest absolute Gasteiger partial charge is 0.380 e. The number of piperidine rings is 1. The molecule has 110 valence electrons. The molecule has 0 aliphatic carbocycles. The molecule has 2 aromatic rings. The van der Waals surface area contributed by atoms with Crippen LogP contribution in [0.3, 0.4) is 0 Å². The van der Waals surface area contributed by atoms with Gasteiger partial charge in [0, 0.05) is 31.9 Å². The summed E-state index contributed by atoms with van der Waals surface area (Å²) in [6.07, 6.45) is 3.99. The first kappa shape index (κ1) is 14.4. The van der Waals surface area contributed by atoms with Crippen molar-refractivity contribution in [2.24, 2.45) is 0 Å². The number of anilines is 1. The summed E-state index contributed by atoms with van der Waals surface area (Å²) < 4.78 is 0. The molecule has 21 heavy (non-hydrogen) atoms. The van der Waals surface area contributed by atoms with Crippen LogP contribution in [0.15, 0.2) is 48.7 Å². The number of rotatable bonds is 4. The number of likely N-dealkylation sites (tertiary alicyclic amines) is 1. The Morgan fingerprint density at radius 2 is 1.86 bits per heavy atom. The van der Waals surface area contributed by atoms with E-state index < -0.39 is 0 Å². The minimum atomic E-state index is 0.485. The topological polar surface area (TPSA) is 28.2 Å². The van der Waals surface area contributed by atoms with Gasteiger partial charge in [0.15, 0.2) is 5.15 Å². The standard InChI is InChI=1S/C17H20ClN3/c18-17-16(7-4-10-19-17)20-15-8-11-21(12-9-15)13-14-5-2-1-3-6-14/h1-7,10,15,20H,8-9,11-13H2. The van der Waals surface area contributed by atoms with E-state index in [-0.39, 0.29) is 0 Å². The number of halogens is 1. The number of aromatic nitrogens is 1. The van der Waals surface area contributed by atoms with E-state index in [0.29, 0.717) is 11.2 Å². The number of pyridine rings is 1. The lowest BCUT2D eigenvalue weighted by Gasteiger charge is -2.33. The van der Waals surface area contributed by atoms with Crippen LogP contribution in [0.4, 0.5) is 5.69 Å². The molecule has 1 aliphatic heterocycles. The molecule has 0 unspecified atom stereocenters. The van der Waals surface area contributed by atoms with E-state index >= 15 is 0 Å². The zero-order valence-corrected chi connectivity index (χ0v) is 12.8. The van der Waals surface area contributed by atoms with Gasteiger partial charge in [-0.1, -0.05) is 41.9 Å². The van der Waals surface area contributed by atoms with Gasteiger partial charge in [-0.25, -0.2) is 4.98 Å². The number of benzene rings is 1. The average Bonchev–Trinajstić information content (AvgIpc) is 2.52. The van der Waals surface area contributed by atoms with Crippen LogP contribution in [-0.4, -0.2) is 29.0 Å². The number of hydrogen-bond acceptors (Lipinski definition) is 3. The molecule has 1 N–H and O–H groups in total. The highest BCUT2D eigenvalue weighted by Gasteiger charge is 2.19. The van der Waals surface area contributed by atoms with Gasteiger partial charge in [0.05, 0.1) is 5.69 Å². The predicted molar refractivity (Wildman–Crippen MR) is 87.6 cm³/mol. The summed E-state index contributed by atoms with van der Waals surface area (Å²) in [6.45, 7) is 3.27. The van der Waals surface area contributed by atoms with Crippen molar-refractivity contribution >= 4 is 17.3 Å². The maximum absolute atomic E-state index is 6.10. The fourth-order valence-corrected chi connectivity index (χ4v) is 2.96. The Balaban J connectivity index is 1.50. The summed E-state index contributed by atoms with van der Waals surface area (Å²) in [6, 6.07) is 15.1. The molecule has 3 rings (SSSR count). The molecule has 0 saturated carbocycles. The van der Waals surface area contributed by atoms with Crippen molar-refractivity contribution in [3.8, 4) is 0 Å². The van der Waals surface area contributed by atoms with Gasteiger partial charge in [-0.05, 0) is 30.5 Å². The van der Waals surface area contributed by atoms with Gasteiger partial charge in [-0.2, -0.15) is 0 Å². The third kappa shape index (κ3) is 3.96. The molecule has 0 radical (unpaired) electrons. The molecule has 1 aromatic carbocycles. The number of nitrogens with zero attached hydrogens (tertiary/aromatic N) is 2. The summed E-state index contributed by atoms with van der Waals surface area (Å²) in [5, 5.41) is 4.07. The molecule has 1 fully saturated rings. The SMILES string of the molecule is Clc1ncccc1NC1CCN(Cc2ccccc2)CC1. The van der Waals surface area contributed by atoms with Crippen LogP contribution < -0.4 is 5.32 Å². The summed E-state index contributed by atoms with van der Waals surface area (Å²) >= 11 is 6.10. The first-order chi connectivity index (χ1) is 10.3. The predicted octanol–water partition coefficient (Wildman–Crippen LogP) is 3.81. The Kier molecular flexibility index (Phi) is 4.73. The Bertz CT molecular complexity index is 565. The van der Waals surface area contributed by atoms with Gasteiger partial charge in [0.2, 0.25) is 0 Å². The van der Waals surface area contributed by atoms with Crippen LogP contribution in [-0.2, 0) is 6.54 Å². The monoisotopic (exact) mass is 301 g/mol. The molecule has 0 spiro atoms. The van der Waals surface area contributed by atoms with Gasteiger partial charge in [-0.15, -0.1) is 0 Å². The molecule has 4 heteroatoms. The van der Waals surface area contributed by atoms with Crippen LogP contribution in [0.2, 0.25) is 5.15 Å². The molecule has 0 bridgehead atoms. The summed E-state index contributed by atoms with van der Waals surface area (Å²) in [4.78, 5) is 6.62. The second-order valence-corrected chi connectivity index (χ2v) is 5.88. The maximum atomic E-state index is 6.10. The molecule has 2 heterocycles. The molecule has 1 aromatic heterocycles. The molecular weight excluding hydrogens is 282 g/mol. The van der Waals surface area contributed by atoms with Gasteiger partial charge >= 0.3 is 0 Å². The Labute approximate surface area is 131 Å². The molecule has 1 saturated heterocycles. The van der Waals surface area contributed by atoms with Crippen LogP contribution in [0.1, 0.15) is 18.4 Å². The Hall–Kier alpha value is -1.58. The third-order valence-electron chi connectivity index (χ3n) is 3.96.